The van der Waals surface area contributed by atoms with E-state index >= 15 is 0 Å². The molecule has 1 aliphatic rings. The van der Waals surface area contributed by atoms with Crippen LogP contribution in [0.15, 0.2) is 24.5 Å². The Morgan fingerprint density at radius 3 is 2.33 bits per heavy atom. The number of carbonyl (C=O) groups excluding carboxylic acids is 2. The summed E-state index contributed by atoms with van der Waals surface area (Å²) in [5, 5.41) is 3.30. The molecule has 0 spiro atoms. The Kier molecular flexibility index (Phi) is 5.60. The van der Waals surface area contributed by atoms with E-state index in [1.165, 1.54) is 6.20 Å². The third-order valence-corrected chi connectivity index (χ3v) is 4.89. The average Bonchev–Trinajstić information content (AvgIpc) is 2.64. The summed E-state index contributed by atoms with van der Waals surface area (Å²) in [6, 6.07) is 3.76. The smallest absolute Gasteiger partial charge is 0.275 e. The van der Waals surface area contributed by atoms with Crippen molar-refractivity contribution in [3.63, 3.8) is 0 Å². The predicted molar refractivity (Wildman–Crippen MR) is 105 cm³/mol. The van der Waals surface area contributed by atoms with Crippen molar-refractivity contribution in [2.45, 2.75) is 20.8 Å². The van der Waals surface area contributed by atoms with Gasteiger partial charge in [-0.05, 0) is 31.0 Å². The van der Waals surface area contributed by atoms with Gasteiger partial charge in [-0.2, -0.15) is 0 Å². The van der Waals surface area contributed by atoms with Crippen LogP contribution in [0.2, 0.25) is 5.02 Å². The Balaban J connectivity index is 1.67. The summed E-state index contributed by atoms with van der Waals surface area (Å²) in [6.07, 6.45) is 3.04. The minimum atomic E-state index is -0.357. The maximum Gasteiger partial charge on any atom is 0.275 e. The second-order valence-corrected chi connectivity index (χ2v) is 7.05. The predicted octanol–water partition coefficient (Wildman–Crippen LogP) is 2.67. The largest absolute Gasteiger partial charge is 0.352 e. The number of anilines is 2. The average molecular weight is 388 g/mol. The molecule has 1 N–H and O–H groups in total. The minimum Gasteiger partial charge on any atom is -0.352 e. The number of aryl methyl sites for hydroxylation is 2. The summed E-state index contributed by atoms with van der Waals surface area (Å²) in [6.45, 7) is 8.12. The first-order valence-electron chi connectivity index (χ1n) is 8.76. The SMILES string of the molecule is CC(=O)N1CCN(c2cnc(C(=O)Nc3c(C)cc(C)cc3Cl)cn2)CC1. The van der Waals surface area contributed by atoms with Crippen LogP contribution in [0.3, 0.4) is 0 Å². The molecule has 8 heteroatoms. The third-order valence-electron chi connectivity index (χ3n) is 4.59. The number of halogens is 1. The number of amides is 2. The highest BCUT2D eigenvalue weighted by Gasteiger charge is 2.20. The lowest BCUT2D eigenvalue weighted by Crippen LogP contribution is -2.48. The fourth-order valence-corrected chi connectivity index (χ4v) is 3.47. The number of piperazine rings is 1. The fourth-order valence-electron chi connectivity index (χ4n) is 3.10. The van der Waals surface area contributed by atoms with Crippen molar-refractivity contribution in [1.82, 2.24) is 14.9 Å². The Morgan fingerprint density at radius 2 is 1.78 bits per heavy atom. The summed E-state index contributed by atoms with van der Waals surface area (Å²) >= 11 is 6.24. The molecule has 2 heterocycles. The van der Waals surface area contributed by atoms with Gasteiger partial charge in [0, 0.05) is 33.1 Å². The minimum absolute atomic E-state index is 0.0813. The van der Waals surface area contributed by atoms with Gasteiger partial charge in [-0.25, -0.2) is 9.97 Å². The lowest BCUT2D eigenvalue weighted by atomic mass is 10.1. The second-order valence-electron chi connectivity index (χ2n) is 6.65. The van der Waals surface area contributed by atoms with Crippen LogP contribution in [0.1, 0.15) is 28.5 Å². The van der Waals surface area contributed by atoms with Crippen molar-refractivity contribution in [3.8, 4) is 0 Å². The van der Waals surface area contributed by atoms with Crippen LogP contribution < -0.4 is 10.2 Å². The molecule has 0 atom stereocenters. The molecule has 1 aliphatic heterocycles. The number of nitrogens with one attached hydrogen (secondary N) is 1. The summed E-state index contributed by atoms with van der Waals surface area (Å²) in [4.78, 5) is 36.3. The zero-order valence-electron chi connectivity index (χ0n) is 15.6. The standard InChI is InChI=1S/C19H22ClN5O2/c1-12-8-13(2)18(15(20)9-12)23-19(27)16-10-22-17(11-21-16)25-6-4-24(5-7-25)14(3)26/h8-11H,4-7H2,1-3H3,(H,23,27). The summed E-state index contributed by atoms with van der Waals surface area (Å²) in [7, 11) is 0. The van der Waals surface area contributed by atoms with E-state index in [2.05, 4.69) is 20.2 Å². The quantitative estimate of drug-likeness (QED) is 0.875. The number of aromatic nitrogens is 2. The number of nitrogens with zero attached hydrogens (tertiary/aromatic N) is 4. The van der Waals surface area contributed by atoms with E-state index in [0.29, 0.717) is 42.7 Å². The molecular formula is C19H22ClN5O2. The summed E-state index contributed by atoms with van der Waals surface area (Å²) in [5.41, 5.74) is 2.72. The molecule has 1 aromatic heterocycles. The van der Waals surface area contributed by atoms with Crippen molar-refractivity contribution in [1.29, 1.82) is 0 Å². The highest BCUT2D eigenvalue weighted by molar-refractivity contribution is 6.34. The first kappa shape index (κ1) is 19.1. The van der Waals surface area contributed by atoms with Crippen LogP contribution in [0, 0.1) is 13.8 Å². The van der Waals surface area contributed by atoms with E-state index in [9.17, 15) is 9.59 Å². The maximum atomic E-state index is 12.5. The molecule has 7 nitrogen and oxygen atoms in total. The van der Waals surface area contributed by atoms with Gasteiger partial charge in [-0.15, -0.1) is 0 Å². The highest BCUT2D eigenvalue weighted by atomic mass is 35.5. The van der Waals surface area contributed by atoms with E-state index in [1.807, 2.05) is 19.9 Å². The molecule has 0 aliphatic carbocycles. The molecule has 2 amide bonds. The molecule has 0 saturated carbocycles. The van der Waals surface area contributed by atoms with Crippen LogP contribution in [-0.4, -0.2) is 52.9 Å². The molecule has 2 aromatic rings. The number of hydrogen-bond acceptors (Lipinski definition) is 5. The number of carbonyl (C=O) groups is 2. The maximum absolute atomic E-state index is 12.5. The Hall–Kier alpha value is -2.67. The van der Waals surface area contributed by atoms with Gasteiger partial charge < -0.3 is 15.1 Å². The van der Waals surface area contributed by atoms with Crippen molar-refractivity contribution >= 4 is 34.9 Å². The highest BCUT2D eigenvalue weighted by Crippen LogP contribution is 2.27. The van der Waals surface area contributed by atoms with E-state index in [4.69, 9.17) is 11.6 Å². The number of hydrogen-bond donors (Lipinski definition) is 1. The van der Waals surface area contributed by atoms with Gasteiger partial charge in [-0.3, -0.25) is 9.59 Å². The van der Waals surface area contributed by atoms with Gasteiger partial charge in [0.2, 0.25) is 5.91 Å². The first-order valence-corrected chi connectivity index (χ1v) is 9.13. The van der Waals surface area contributed by atoms with Crippen molar-refractivity contribution in [3.05, 3.63) is 46.4 Å². The zero-order valence-corrected chi connectivity index (χ0v) is 16.4. The molecule has 1 saturated heterocycles. The molecule has 27 heavy (non-hydrogen) atoms. The van der Waals surface area contributed by atoms with Crippen LogP contribution in [0.25, 0.3) is 0 Å². The van der Waals surface area contributed by atoms with Gasteiger partial charge >= 0.3 is 0 Å². The van der Waals surface area contributed by atoms with E-state index < -0.39 is 0 Å². The van der Waals surface area contributed by atoms with Gasteiger partial charge in [-0.1, -0.05) is 17.7 Å². The molecule has 1 aromatic carbocycles. The topological polar surface area (TPSA) is 78.4 Å². The van der Waals surface area contributed by atoms with Crippen LogP contribution in [0.4, 0.5) is 11.5 Å². The van der Waals surface area contributed by atoms with E-state index in [-0.39, 0.29) is 17.5 Å². The Labute approximate surface area is 163 Å². The number of benzene rings is 1. The Bertz CT molecular complexity index is 838. The van der Waals surface area contributed by atoms with E-state index in [0.717, 1.165) is 11.1 Å². The normalized spacial score (nSPS) is 14.2. The molecule has 1 fully saturated rings. The van der Waals surface area contributed by atoms with E-state index in [1.54, 1.807) is 24.1 Å². The molecule has 0 bridgehead atoms. The van der Waals surface area contributed by atoms with Gasteiger partial charge in [0.1, 0.15) is 11.5 Å². The van der Waals surface area contributed by atoms with Crippen LogP contribution in [-0.2, 0) is 4.79 Å². The van der Waals surface area contributed by atoms with Crippen molar-refractivity contribution in [2.24, 2.45) is 0 Å². The van der Waals surface area contributed by atoms with Crippen LogP contribution in [0.5, 0.6) is 0 Å². The van der Waals surface area contributed by atoms with Crippen molar-refractivity contribution < 1.29 is 9.59 Å². The fraction of sp³-hybridized carbons (Fsp3) is 0.368. The molecule has 3 rings (SSSR count). The van der Waals surface area contributed by atoms with Crippen molar-refractivity contribution in [2.75, 3.05) is 36.4 Å². The first-order chi connectivity index (χ1) is 12.8. The Morgan fingerprint density at radius 1 is 1.07 bits per heavy atom. The molecule has 0 radical (unpaired) electrons. The summed E-state index contributed by atoms with van der Waals surface area (Å²) < 4.78 is 0. The van der Waals surface area contributed by atoms with Crippen LogP contribution >= 0.6 is 11.6 Å². The van der Waals surface area contributed by atoms with Gasteiger partial charge in [0.25, 0.3) is 5.91 Å². The number of rotatable bonds is 3. The molecular weight excluding hydrogens is 366 g/mol. The lowest BCUT2D eigenvalue weighted by Gasteiger charge is -2.34. The monoisotopic (exact) mass is 387 g/mol. The molecule has 142 valence electrons. The lowest BCUT2D eigenvalue weighted by molar-refractivity contribution is -0.129. The second kappa shape index (κ2) is 7.92. The molecule has 0 unspecified atom stereocenters. The zero-order chi connectivity index (χ0) is 19.6. The third kappa shape index (κ3) is 4.36. The summed E-state index contributed by atoms with van der Waals surface area (Å²) in [5.74, 6) is 0.418. The van der Waals surface area contributed by atoms with Gasteiger partial charge in [0.15, 0.2) is 0 Å². The van der Waals surface area contributed by atoms with Gasteiger partial charge in [0.05, 0.1) is 23.1 Å².